The van der Waals surface area contributed by atoms with Crippen LogP contribution in [0.4, 0.5) is 26.1 Å². The fraction of sp³-hybridized carbons (Fsp3) is 0.444. The van der Waals surface area contributed by atoms with E-state index in [2.05, 4.69) is 25.6 Å². The fourth-order valence-electron chi connectivity index (χ4n) is 2.22. The second kappa shape index (κ2) is 9.36. The molecular weight excluding hydrogens is 372 g/mol. The van der Waals surface area contributed by atoms with Gasteiger partial charge in [-0.05, 0) is 6.42 Å². The van der Waals surface area contributed by atoms with Gasteiger partial charge in [-0.25, -0.2) is 15.0 Å². The molecule has 0 unspecified atom stereocenters. The lowest BCUT2D eigenvalue weighted by Crippen LogP contribution is -2.15. The summed E-state index contributed by atoms with van der Waals surface area (Å²) < 4.78 is 38.0. The molecule has 0 aliphatic carbocycles. The normalized spacial score (nSPS) is 11.2. The summed E-state index contributed by atoms with van der Waals surface area (Å²) in [5.41, 5.74) is 0.869. The Hall–Kier alpha value is -2.88. The maximum atomic E-state index is 13.7. The van der Waals surface area contributed by atoms with E-state index in [4.69, 9.17) is 9.47 Å². The van der Waals surface area contributed by atoms with Crippen molar-refractivity contribution in [2.24, 2.45) is 0 Å². The molecular formula is C18H23F2N5O3. The summed E-state index contributed by atoms with van der Waals surface area (Å²) >= 11 is 0. The summed E-state index contributed by atoms with van der Waals surface area (Å²) in [6, 6.07) is 3.10. The van der Waals surface area contributed by atoms with Crippen LogP contribution in [0.25, 0.3) is 0 Å². The molecule has 0 saturated carbocycles. The number of aromatic nitrogens is 3. The highest BCUT2D eigenvalue weighted by molar-refractivity contribution is 5.88. The van der Waals surface area contributed by atoms with E-state index in [0.717, 1.165) is 6.92 Å². The van der Waals surface area contributed by atoms with Gasteiger partial charge < -0.3 is 20.1 Å². The summed E-state index contributed by atoms with van der Waals surface area (Å²) in [5.74, 6) is -3.24. The first kappa shape index (κ1) is 21.4. The largest absolute Gasteiger partial charge is 0.487 e. The number of rotatable bonds is 9. The fourth-order valence-corrected chi connectivity index (χ4v) is 2.22. The van der Waals surface area contributed by atoms with Crippen molar-refractivity contribution in [1.29, 1.82) is 0 Å². The average Bonchev–Trinajstić information content (AvgIpc) is 2.62. The van der Waals surface area contributed by atoms with Crippen LogP contribution in [0.3, 0.4) is 0 Å². The first-order valence-electron chi connectivity index (χ1n) is 8.65. The van der Waals surface area contributed by atoms with Crippen LogP contribution in [-0.4, -0.2) is 41.2 Å². The number of nitrogens with zero attached hydrogens (tertiary/aromatic N) is 3. The van der Waals surface area contributed by atoms with Gasteiger partial charge in [-0.3, -0.25) is 4.79 Å². The molecule has 0 atom stereocenters. The van der Waals surface area contributed by atoms with Crippen LogP contribution >= 0.6 is 0 Å². The van der Waals surface area contributed by atoms with Crippen molar-refractivity contribution in [2.75, 3.05) is 31.0 Å². The molecule has 0 radical (unpaired) electrons. The van der Waals surface area contributed by atoms with Crippen LogP contribution in [0.5, 0.6) is 5.75 Å². The number of methoxy groups -OCH3 is 1. The van der Waals surface area contributed by atoms with E-state index in [1.807, 2.05) is 6.92 Å². The molecule has 0 aromatic carbocycles. The van der Waals surface area contributed by atoms with Gasteiger partial charge in [0, 0.05) is 38.8 Å². The molecule has 0 saturated heterocycles. The van der Waals surface area contributed by atoms with Gasteiger partial charge in [0.15, 0.2) is 5.75 Å². The molecule has 0 spiro atoms. The molecule has 0 aliphatic rings. The highest BCUT2D eigenvalue weighted by atomic mass is 19.3. The standard InChI is InChI=1S/C18H23F2N5O3/c1-5-12-8-16(25-17(23-12)18(3,19)20)24-13-9-15(22-11(2)26)21-10-14(13)28-7-6-27-4/h8-10H,5-7H2,1-4H3,(H2,21,22,23,24,25,26). The van der Waals surface area contributed by atoms with E-state index < -0.39 is 11.7 Å². The molecule has 28 heavy (non-hydrogen) atoms. The molecule has 8 nitrogen and oxygen atoms in total. The van der Waals surface area contributed by atoms with Crippen molar-refractivity contribution >= 4 is 23.2 Å². The number of anilines is 3. The Kier molecular flexibility index (Phi) is 7.16. The van der Waals surface area contributed by atoms with Crippen LogP contribution in [0.2, 0.25) is 0 Å². The number of alkyl halides is 2. The number of carbonyl (C=O) groups excluding carboxylic acids is 1. The summed E-state index contributed by atoms with van der Waals surface area (Å²) in [6.07, 6.45) is 1.88. The van der Waals surface area contributed by atoms with Crippen molar-refractivity contribution < 1.29 is 23.0 Å². The highest BCUT2D eigenvalue weighted by Crippen LogP contribution is 2.31. The molecule has 152 valence electrons. The second-order valence-corrected chi connectivity index (χ2v) is 6.02. The van der Waals surface area contributed by atoms with Gasteiger partial charge in [-0.2, -0.15) is 8.78 Å². The van der Waals surface area contributed by atoms with E-state index >= 15 is 0 Å². The number of carbonyl (C=O) groups is 1. The van der Waals surface area contributed by atoms with Crippen molar-refractivity contribution in [3.05, 3.63) is 29.8 Å². The van der Waals surface area contributed by atoms with Crippen LogP contribution in [-0.2, 0) is 21.9 Å². The lowest BCUT2D eigenvalue weighted by atomic mass is 10.2. The summed E-state index contributed by atoms with van der Waals surface area (Å²) in [7, 11) is 1.54. The second-order valence-electron chi connectivity index (χ2n) is 6.02. The number of amides is 1. The molecule has 2 aromatic rings. The van der Waals surface area contributed by atoms with Crippen LogP contribution < -0.4 is 15.4 Å². The van der Waals surface area contributed by atoms with Crippen LogP contribution in [0.15, 0.2) is 18.3 Å². The van der Waals surface area contributed by atoms with Gasteiger partial charge in [0.1, 0.15) is 18.2 Å². The minimum Gasteiger partial charge on any atom is -0.487 e. The molecule has 2 heterocycles. The molecule has 10 heteroatoms. The maximum Gasteiger partial charge on any atom is 0.303 e. The molecule has 2 aromatic heterocycles. The van der Waals surface area contributed by atoms with E-state index in [1.165, 1.54) is 19.2 Å². The number of ether oxygens (including phenoxy) is 2. The first-order chi connectivity index (χ1) is 13.2. The summed E-state index contributed by atoms with van der Waals surface area (Å²) in [6.45, 7) is 4.52. The van der Waals surface area contributed by atoms with Crippen LogP contribution in [0.1, 0.15) is 32.3 Å². The predicted octanol–water partition coefficient (Wildman–Crippen LogP) is 3.27. The van der Waals surface area contributed by atoms with Crippen LogP contribution in [0, 0.1) is 0 Å². The molecule has 0 aliphatic heterocycles. The third kappa shape index (κ3) is 6.08. The third-order valence-electron chi connectivity index (χ3n) is 3.51. The monoisotopic (exact) mass is 395 g/mol. The minimum atomic E-state index is -3.18. The van der Waals surface area contributed by atoms with Gasteiger partial charge in [-0.15, -0.1) is 0 Å². The van der Waals surface area contributed by atoms with Gasteiger partial charge in [0.05, 0.1) is 18.5 Å². The van der Waals surface area contributed by atoms with Crippen molar-refractivity contribution in [3.8, 4) is 5.75 Å². The Morgan fingerprint density at radius 2 is 1.96 bits per heavy atom. The zero-order valence-electron chi connectivity index (χ0n) is 16.2. The topological polar surface area (TPSA) is 98.3 Å². The van der Waals surface area contributed by atoms with Gasteiger partial charge in [0.2, 0.25) is 11.7 Å². The number of halogens is 2. The SMILES string of the molecule is CCc1cc(Nc2cc(NC(C)=O)ncc2OCCOC)nc(C(C)(F)F)n1. The van der Waals surface area contributed by atoms with E-state index in [-0.39, 0.29) is 24.1 Å². The third-order valence-corrected chi connectivity index (χ3v) is 3.51. The maximum absolute atomic E-state index is 13.7. The Balaban J connectivity index is 2.40. The Morgan fingerprint density at radius 1 is 1.21 bits per heavy atom. The van der Waals surface area contributed by atoms with Gasteiger partial charge >= 0.3 is 5.92 Å². The molecule has 0 bridgehead atoms. The molecule has 1 amide bonds. The minimum absolute atomic E-state index is 0.181. The lowest BCUT2D eigenvalue weighted by molar-refractivity contribution is -0.114. The van der Waals surface area contributed by atoms with Crippen molar-refractivity contribution in [1.82, 2.24) is 15.0 Å². The predicted molar refractivity (Wildman–Crippen MR) is 100 cm³/mol. The van der Waals surface area contributed by atoms with E-state index in [1.54, 1.807) is 13.2 Å². The zero-order valence-corrected chi connectivity index (χ0v) is 16.2. The van der Waals surface area contributed by atoms with Gasteiger partial charge in [-0.1, -0.05) is 6.92 Å². The number of aryl methyl sites for hydroxylation is 1. The average molecular weight is 395 g/mol. The smallest absolute Gasteiger partial charge is 0.303 e. The highest BCUT2D eigenvalue weighted by Gasteiger charge is 2.29. The summed E-state index contributed by atoms with van der Waals surface area (Å²) in [5, 5.41) is 5.52. The Bertz CT molecular complexity index is 827. The first-order valence-corrected chi connectivity index (χ1v) is 8.65. The molecule has 0 fully saturated rings. The Labute approximate surface area is 161 Å². The van der Waals surface area contributed by atoms with Gasteiger partial charge in [0.25, 0.3) is 0 Å². The van der Waals surface area contributed by atoms with E-state index in [9.17, 15) is 13.6 Å². The summed E-state index contributed by atoms with van der Waals surface area (Å²) in [4.78, 5) is 23.2. The number of hydrogen-bond donors (Lipinski definition) is 2. The van der Waals surface area contributed by atoms with Crippen molar-refractivity contribution in [3.63, 3.8) is 0 Å². The Morgan fingerprint density at radius 3 is 2.57 bits per heavy atom. The lowest BCUT2D eigenvalue weighted by Gasteiger charge is -2.16. The molecule has 2 rings (SSSR count). The van der Waals surface area contributed by atoms with E-state index in [0.29, 0.717) is 30.2 Å². The number of pyridine rings is 1. The molecule has 2 N–H and O–H groups in total. The number of nitrogens with one attached hydrogen (secondary N) is 2. The van der Waals surface area contributed by atoms with Crippen molar-refractivity contribution in [2.45, 2.75) is 33.1 Å². The number of hydrogen-bond acceptors (Lipinski definition) is 7. The zero-order chi connectivity index (χ0) is 20.7. The quantitative estimate of drug-likeness (QED) is 0.629.